The zero-order valence-corrected chi connectivity index (χ0v) is 21.4. The summed E-state index contributed by atoms with van der Waals surface area (Å²) in [5, 5.41) is 13.9. The van der Waals surface area contributed by atoms with Gasteiger partial charge in [0.1, 0.15) is 10.6 Å². The number of urea groups is 1. The number of carbonyl (C=O) groups excluding carboxylic acids is 1. The molecule has 2 aliphatic rings. The van der Waals surface area contributed by atoms with Gasteiger partial charge in [-0.1, -0.05) is 0 Å². The van der Waals surface area contributed by atoms with Crippen LogP contribution in [0.1, 0.15) is 25.0 Å². The predicted molar refractivity (Wildman–Crippen MR) is 140 cm³/mol. The molecule has 3 heterocycles. The highest BCUT2D eigenvalue weighted by atomic mass is 32.2. The SMILES string of the molecule is N#CCCNC(=O)Nc1ccc(-c2nc(N3CCOCC3)cc(C3(S(=O)(=O)c4ccncc4)CC3)n2)cc1. The molecule has 2 fully saturated rings. The molecule has 1 aliphatic heterocycles. The van der Waals surface area contributed by atoms with Gasteiger partial charge in [-0.05, 0) is 49.2 Å². The summed E-state index contributed by atoms with van der Waals surface area (Å²) >= 11 is 0. The Labute approximate surface area is 220 Å². The summed E-state index contributed by atoms with van der Waals surface area (Å²) in [5.74, 6) is 1.06. The largest absolute Gasteiger partial charge is 0.378 e. The lowest BCUT2D eigenvalue weighted by atomic mass is 10.1. The molecule has 2 aromatic heterocycles. The van der Waals surface area contributed by atoms with E-state index in [0.717, 1.165) is 0 Å². The molecule has 38 heavy (non-hydrogen) atoms. The van der Waals surface area contributed by atoms with E-state index in [1.54, 1.807) is 30.3 Å². The van der Waals surface area contributed by atoms with E-state index in [9.17, 15) is 13.2 Å². The number of rotatable bonds is 8. The molecular formula is C26H27N7O4S. The number of amides is 2. The topological polar surface area (TPSA) is 150 Å². The molecule has 1 saturated heterocycles. The second-order valence-corrected chi connectivity index (χ2v) is 11.3. The van der Waals surface area contributed by atoms with E-state index in [2.05, 4.69) is 20.5 Å². The first-order valence-electron chi connectivity index (χ1n) is 12.3. The van der Waals surface area contributed by atoms with Gasteiger partial charge in [0.2, 0.25) is 0 Å². The Hall–Kier alpha value is -4.08. The molecule has 1 aliphatic carbocycles. The van der Waals surface area contributed by atoms with E-state index in [0.29, 0.717) is 67.7 Å². The number of sulfone groups is 1. The van der Waals surface area contributed by atoms with Gasteiger partial charge in [0, 0.05) is 49.3 Å². The highest BCUT2D eigenvalue weighted by Gasteiger charge is 2.58. The van der Waals surface area contributed by atoms with E-state index in [4.69, 9.17) is 20.0 Å². The van der Waals surface area contributed by atoms with Crippen LogP contribution in [0.3, 0.4) is 0 Å². The van der Waals surface area contributed by atoms with E-state index in [1.165, 1.54) is 24.5 Å². The van der Waals surface area contributed by atoms with E-state index < -0.39 is 20.6 Å². The first-order valence-corrected chi connectivity index (χ1v) is 13.8. The lowest BCUT2D eigenvalue weighted by molar-refractivity contribution is 0.122. The van der Waals surface area contributed by atoms with Crippen LogP contribution >= 0.6 is 0 Å². The number of carbonyl (C=O) groups is 1. The smallest absolute Gasteiger partial charge is 0.319 e. The molecule has 2 amide bonds. The van der Waals surface area contributed by atoms with Crippen molar-refractivity contribution in [1.82, 2.24) is 20.3 Å². The number of benzene rings is 1. The second-order valence-electron chi connectivity index (χ2n) is 9.08. The van der Waals surface area contributed by atoms with Crippen LogP contribution < -0.4 is 15.5 Å². The fraction of sp³-hybridized carbons (Fsp3) is 0.346. The van der Waals surface area contributed by atoms with Crippen LogP contribution in [0.2, 0.25) is 0 Å². The monoisotopic (exact) mass is 533 g/mol. The standard InChI is InChI=1S/C26H27N7O4S/c27-10-1-11-29-25(34)30-20-4-2-19(3-5-20)24-31-22(18-23(32-24)33-14-16-37-17-15-33)26(8-9-26)38(35,36)21-6-12-28-13-7-21/h2-7,12-13,18H,1,8-9,11,14-17H2,(H2,29,30,34). The Morgan fingerprint density at radius 2 is 1.79 bits per heavy atom. The van der Waals surface area contributed by atoms with Gasteiger partial charge in [-0.3, -0.25) is 4.98 Å². The molecule has 5 rings (SSSR count). The maximum atomic E-state index is 13.7. The Morgan fingerprint density at radius 3 is 2.45 bits per heavy atom. The van der Waals surface area contributed by atoms with Crippen molar-refractivity contribution in [2.45, 2.75) is 28.9 Å². The fourth-order valence-electron chi connectivity index (χ4n) is 4.38. The van der Waals surface area contributed by atoms with Crippen LogP contribution in [0, 0.1) is 11.3 Å². The van der Waals surface area contributed by atoms with Crippen molar-refractivity contribution >= 4 is 27.4 Å². The Bertz CT molecular complexity index is 1450. The highest BCUT2D eigenvalue weighted by molar-refractivity contribution is 7.92. The van der Waals surface area contributed by atoms with E-state index in [1.807, 2.05) is 6.07 Å². The van der Waals surface area contributed by atoms with Gasteiger partial charge in [0.25, 0.3) is 0 Å². The van der Waals surface area contributed by atoms with Crippen LogP contribution in [-0.2, 0) is 19.3 Å². The fourth-order valence-corrected chi connectivity index (χ4v) is 6.33. The van der Waals surface area contributed by atoms with E-state index >= 15 is 0 Å². The quantitative estimate of drug-likeness (QED) is 0.417. The van der Waals surface area contributed by atoms with Crippen LogP contribution in [0.5, 0.6) is 0 Å². The number of hydrogen-bond acceptors (Lipinski definition) is 9. The van der Waals surface area contributed by atoms with Crippen molar-refractivity contribution in [3.63, 3.8) is 0 Å². The lowest BCUT2D eigenvalue weighted by Gasteiger charge is -2.29. The minimum absolute atomic E-state index is 0.224. The van der Waals surface area contributed by atoms with Crippen molar-refractivity contribution in [3.8, 4) is 17.5 Å². The first-order chi connectivity index (χ1) is 18.4. The number of hydrogen-bond donors (Lipinski definition) is 2. The molecule has 12 heteroatoms. The van der Waals surface area contributed by atoms with Gasteiger partial charge in [-0.2, -0.15) is 5.26 Å². The summed E-state index contributed by atoms with van der Waals surface area (Å²) in [6.07, 6.45) is 4.13. The third-order valence-electron chi connectivity index (χ3n) is 6.62. The third-order valence-corrected chi connectivity index (χ3v) is 9.16. The molecule has 196 valence electrons. The molecule has 0 atom stereocenters. The first kappa shape index (κ1) is 25.6. The predicted octanol–water partition coefficient (Wildman–Crippen LogP) is 2.87. The van der Waals surface area contributed by atoms with Crippen molar-refractivity contribution in [2.24, 2.45) is 0 Å². The van der Waals surface area contributed by atoms with Crippen molar-refractivity contribution < 1.29 is 17.9 Å². The van der Waals surface area contributed by atoms with Gasteiger partial charge in [-0.25, -0.2) is 23.2 Å². The number of nitrogens with zero attached hydrogens (tertiary/aromatic N) is 5. The minimum Gasteiger partial charge on any atom is -0.378 e. The maximum Gasteiger partial charge on any atom is 0.319 e. The number of morpholine rings is 1. The second kappa shape index (κ2) is 10.7. The summed E-state index contributed by atoms with van der Waals surface area (Å²) in [6, 6.07) is 13.4. The molecule has 1 saturated carbocycles. The van der Waals surface area contributed by atoms with Gasteiger partial charge < -0.3 is 20.3 Å². The highest BCUT2D eigenvalue weighted by Crippen LogP contribution is 2.55. The molecule has 0 unspecified atom stereocenters. The third kappa shape index (κ3) is 5.16. The Kier molecular flexibility index (Phi) is 7.22. The Balaban J connectivity index is 1.48. The summed E-state index contributed by atoms with van der Waals surface area (Å²) in [4.78, 5) is 27.8. The van der Waals surface area contributed by atoms with E-state index in [-0.39, 0.29) is 17.9 Å². The van der Waals surface area contributed by atoms with Crippen LogP contribution in [0.4, 0.5) is 16.3 Å². The van der Waals surface area contributed by atoms with Gasteiger partial charge in [0.15, 0.2) is 15.7 Å². The molecule has 11 nitrogen and oxygen atoms in total. The molecular weight excluding hydrogens is 506 g/mol. The molecule has 0 radical (unpaired) electrons. The number of nitrogens with one attached hydrogen (secondary N) is 2. The molecule has 0 spiro atoms. The van der Waals surface area contributed by atoms with Gasteiger partial charge >= 0.3 is 6.03 Å². The number of ether oxygens (including phenoxy) is 1. The zero-order valence-electron chi connectivity index (χ0n) is 20.6. The number of pyridine rings is 1. The van der Waals surface area contributed by atoms with Gasteiger partial charge in [0.05, 0.1) is 36.3 Å². The molecule has 2 N–H and O–H groups in total. The number of anilines is 2. The van der Waals surface area contributed by atoms with Crippen molar-refractivity contribution in [2.75, 3.05) is 43.1 Å². The summed E-state index contributed by atoms with van der Waals surface area (Å²) in [6.45, 7) is 2.67. The number of nitriles is 1. The summed E-state index contributed by atoms with van der Waals surface area (Å²) < 4.78 is 31.8. The van der Waals surface area contributed by atoms with Crippen LogP contribution in [0.25, 0.3) is 11.4 Å². The average Bonchev–Trinajstić information content (AvgIpc) is 3.77. The van der Waals surface area contributed by atoms with Crippen molar-refractivity contribution in [1.29, 1.82) is 5.26 Å². The summed E-state index contributed by atoms with van der Waals surface area (Å²) in [5.41, 5.74) is 1.72. The molecule has 1 aromatic carbocycles. The molecule has 3 aromatic rings. The average molecular weight is 534 g/mol. The number of aromatic nitrogens is 3. The van der Waals surface area contributed by atoms with Crippen molar-refractivity contribution in [3.05, 3.63) is 60.6 Å². The molecule has 0 bridgehead atoms. The normalized spacial score (nSPS) is 16.3. The lowest BCUT2D eigenvalue weighted by Crippen LogP contribution is -2.37. The van der Waals surface area contributed by atoms with Crippen LogP contribution in [-0.4, -0.2) is 62.2 Å². The Morgan fingerprint density at radius 1 is 1.08 bits per heavy atom. The van der Waals surface area contributed by atoms with Gasteiger partial charge in [-0.15, -0.1) is 0 Å². The minimum atomic E-state index is -3.70. The summed E-state index contributed by atoms with van der Waals surface area (Å²) in [7, 11) is -3.70. The zero-order chi connectivity index (χ0) is 26.6. The van der Waals surface area contributed by atoms with Crippen LogP contribution in [0.15, 0.2) is 59.8 Å². The maximum absolute atomic E-state index is 13.7.